The largest absolute Gasteiger partial charge is 0.494 e. The Labute approximate surface area is 166 Å². The Hall–Kier alpha value is -2.77. The maximum atomic E-state index is 12.0. The van der Waals surface area contributed by atoms with Crippen molar-refractivity contribution in [3.63, 3.8) is 0 Å². The van der Waals surface area contributed by atoms with Crippen LogP contribution in [-0.2, 0) is 4.79 Å². The van der Waals surface area contributed by atoms with Gasteiger partial charge in [-0.1, -0.05) is 23.2 Å². The highest BCUT2D eigenvalue weighted by Gasteiger charge is 2.13. The van der Waals surface area contributed by atoms with Gasteiger partial charge in [0.05, 0.1) is 23.7 Å². The lowest BCUT2D eigenvalue weighted by Gasteiger charge is -2.10. The molecule has 0 unspecified atom stereocenters. The molecule has 0 spiro atoms. The number of hydrogen-bond acceptors (Lipinski definition) is 4. The molecule has 0 aliphatic heterocycles. The minimum atomic E-state index is -0.631. The molecule has 9 heteroatoms. The predicted octanol–water partition coefficient (Wildman–Crippen LogP) is 2.58. The Morgan fingerprint density at radius 1 is 0.963 bits per heavy atom. The van der Waals surface area contributed by atoms with Crippen molar-refractivity contribution in [3.8, 4) is 5.75 Å². The quantitative estimate of drug-likeness (QED) is 0.638. The summed E-state index contributed by atoms with van der Waals surface area (Å²) in [6.45, 7) is 2.06. The van der Waals surface area contributed by atoms with Gasteiger partial charge in [-0.15, -0.1) is 0 Å². The second-order valence-electron chi connectivity index (χ2n) is 5.27. The molecule has 0 fully saturated rings. The maximum absolute atomic E-state index is 12.0. The minimum Gasteiger partial charge on any atom is -0.494 e. The molecule has 0 aliphatic rings. The Morgan fingerprint density at radius 3 is 2.33 bits per heavy atom. The molecule has 0 saturated carbocycles. The van der Waals surface area contributed by atoms with E-state index in [1.807, 2.05) is 6.92 Å². The third-order valence-corrected chi connectivity index (χ3v) is 3.89. The van der Waals surface area contributed by atoms with Crippen molar-refractivity contribution < 1.29 is 19.1 Å². The number of hydrogen-bond donors (Lipinski definition) is 3. The van der Waals surface area contributed by atoms with Gasteiger partial charge in [-0.2, -0.15) is 0 Å². The fourth-order valence-corrected chi connectivity index (χ4v) is 2.42. The first-order chi connectivity index (χ1) is 12.9. The summed E-state index contributed by atoms with van der Waals surface area (Å²) in [7, 11) is 0. The third kappa shape index (κ3) is 6.16. The molecule has 2 aromatic carbocycles. The number of ether oxygens (including phenoxy) is 1. The van der Waals surface area contributed by atoms with Crippen molar-refractivity contribution in [2.75, 3.05) is 13.2 Å². The maximum Gasteiger partial charge on any atom is 0.271 e. The first kappa shape index (κ1) is 20.5. The normalized spacial score (nSPS) is 10.0. The molecule has 0 atom stereocenters. The summed E-state index contributed by atoms with van der Waals surface area (Å²) in [5.74, 6) is -1.03. The average Bonchev–Trinajstić information content (AvgIpc) is 2.67. The van der Waals surface area contributed by atoms with Gasteiger partial charge < -0.3 is 10.1 Å². The van der Waals surface area contributed by atoms with Crippen molar-refractivity contribution >= 4 is 40.9 Å². The van der Waals surface area contributed by atoms with Crippen LogP contribution in [-0.4, -0.2) is 30.9 Å². The highest BCUT2D eigenvalue weighted by atomic mass is 35.5. The van der Waals surface area contributed by atoms with E-state index < -0.39 is 17.7 Å². The highest BCUT2D eigenvalue weighted by molar-refractivity contribution is 6.35. The third-order valence-electron chi connectivity index (χ3n) is 3.33. The molecule has 3 N–H and O–H groups in total. The number of benzene rings is 2. The lowest BCUT2D eigenvalue weighted by atomic mass is 10.2. The predicted molar refractivity (Wildman–Crippen MR) is 102 cm³/mol. The van der Waals surface area contributed by atoms with Crippen LogP contribution in [0.2, 0.25) is 10.0 Å². The summed E-state index contributed by atoms with van der Waals surface area (Å²) in [6.07, 6.45) is 0. The fraction of sp³-hybridized carbons (Fsp3) is 0.167. The van der Waals surface area contributed by atoms with E-state index >= 15 is 0 Å². The molecule has 0 radical (unpaired) electrons. The number of carbonyl (C=O) groups is 3. The Balaban J connectivity index is 1.81. The van der Waals surface area contributed by atoms with Gasteiger partial charge in [-0.05, 0) is 49.4 Å². The molecule has 7 nitrogen and oxygen atoms in total. The highest BCUT2D eigenvalue weighted by Crippen LogP contribution is 2.20. The van der Waals surface area contributed by atoms with Crippen molar-refractivity contribution in [1.29, 1.82) is 0 Å². The summed E-state index contributed by atoms with van der Waals surface area (Å²) in [5.41, 5.74) is 4.88. The number of hydrazine groups is 1. The van der Waals surface area contributed by atoms with Crippen molar-refractivity contribution in [1.82, 2.24) is 16.2 Å². The van der Waals surface area contributed by atoms with E-state index in [-0.39, 0.29) is 17.1 Å². The van der Waals surface area contributed by atoms with Crippen LogP contribution in [0.15, 0.2) is 42.5 Å². The van der Waals surface area contributed by atoms with Gasteiger partial charge in [0.25, 0.3) is 17.7 Å². The molecular formula is C18H17Cl2N3O4. The molecule has 0 aromatic heterocycles. The van der Waals surface area contributed by atoms with Crippen molar-refractivity contribution in [3.05, 3.63) is 63.6 Å². The zero-order valence-electron chi connectivity index (χ0n) is 14.3. The van der Waals surface area contributed by atoms with Gasteiger partial charge in [0, 0.05) is 10.6 Å². The second-order valence-corrected chi connectivity index (χ2v) is 6.11. The second kappa shape index (κ2) is 9.80. The number of halogens is 2. The topological polar surface area (TPSA) is 96.5 Å². The Kier molecular flexibility index (Phi) is 7.45. The number of rotatable bonds is 6. The summed E-state index contributed by atoms with van der Waals surface area (Å²) >= 11 is 11.7. The monoisotopic (exact) mass is 409 g/mol. The zero-order chi connectivity index (χ0) is 19.8. The van der Waals surface area contributed by atoms with E-state index in [1.165, 1.54) is 18.2 Å². The van der Waals surface area contributed by atoms with E-state index in [9.17, 15) is 14.4 Å². The van der Waals surface area contributed by atoms with Crippen LogP contribution in [0.25, 0.3) is 0 Å². The van der Waals surface area contributed by atoms with E-state index in [0.29, 0.717) is 22.9 Å². The smallest absolute Gasteiger partial charge is 0.271 e. The molecular weight excluding hydrogens is 393 g/mol. The first-order valence-corrected chi connectivity index (χ1v) is 8.71. The number of amides is 3. The zero-order valence-corrected chi connectivity index (χ0v) is 15.9. The van der Waals surface area contributed by atoms with Crippen molar-refractivity contribution in [2.45, 2.75) is 6.92 Å². The fourth-order valence-electron chi connectivity index (χ4n) is 2.04. The van der Waals surface area contributed by atoms with Crippen LogP contribution in [0.1, 0.15) is 27.6 Å². The molecule has 0 bridgehead atoms. The molecule has 0 aliphatic carbocycles. The molecule has 0 saturated heterocycles. The summed E-state index contributed by atoms with van der Waals surface area (Å²) in [5, 5.41) is 2.97. The molecule has 2 aromatic rings. The van der Waals surface area contributed by atoms with Gasteiger partial charge >= 0.3 is 0 Å². The molecule has 2 rings (SSSR count). The van der Waals surface area contributed by atoms with Crippen LogP contribution in [0.5, 0.6) is 5.75 Å². The molecule has 3 amide bonds. The lowest BCUT2D eigenvalue weighted by Crippen LogP contribution is -2.46. The minimum absolute atomic E-state index is 0.114. The van der Waals surface area contributed by atoms with Crippen LogP contribution in [0.3, 0.4) is 0 Å². The lowest BCUT2D eigenvalue weighted by molar-refractivity contribution is -0.120. The number of carbonyl (C=O) groups excluding carboxylic acids is 3. The molecule has 0 heterocycles. The van der Waals surface area contributed by atoms with E-state index in [1.54, 1.807) is 24.3 Å². The summed E-state index contributed by atoms with van der Waals surface area (Å²) in [6, 6.07) is 10.9. The SMILES string of the molecule is CCOc1ccc(C(=O)NCC(=O)NNC(=O)c2cc(Cl)ccc2Cl)cc1. The summed E-state index contributed by atoms with van der Waals surface area (Å²) in [4.78, 5) is 35.8. The van der Waals surface area contributed by atoms with E-state index in [2.05, 4.69) is 16.2 Å². The van der Waals surface area contributed by atoms with Gasteiger partial charge in [0.1, 0.15) is 5.75 Å². The van der Waals surface area contributed by atoms with Crippen LogP contribution >= 0.6 is 23.2 Å². The summed E-state index contributed by atoms with van der Waals surface area (Å²) < 4.78 is 5.29. The Bertz CT molecular complexity index is 841. The molecule has 27 heavy (non-hydrogen) atoms. The van der Waals surface area contributed by atoms with Crippen LogP contribution in [0.4, 0.5) is 0 Å². The van der Waals surface area contributed by atoms with Gasteiger partial charge in [-0.3, -0.25) is 25.2 Å². The Morgan fingerprint density at radius 2 is 1.67 bits per heavy atom. The van der Waals surface area contributed by atoms with Gasteiger partial charge in [-0.25, -0.2) is 0 Å². The standard InChI is InChI=1S/C18H17Cl2N3O4/c1-2-27-13-6-3-11(4-7-13)17(25)21-10-16(24)22-23-18(26)14-9-12(19)5-8-15(14)20/h3-9H,2,10H2,1H3,(H,21,25)(H,22,24)(H,23,26). The van der Waals surface area contributed by atoms with Crippen LogP contribution < -0.4 is 20.9 Å². The average molecular weight is 410 g/mol. The van der Waals surface area contributed by atoms with E-state index in [0.717, 1.165) is 0 Å². The first-order valence-electron chi connectivity index (χ1n) is 7.96. The number of nitrogens with one attached hydrogen (secondary N) is 3. The van der Waals surface area contributed by atoms with E-state index in [4.69, 9.17) is 27.9 Å². The van der Waals surface area contributed by atoms with Gasteiger partial charge in [0.15, 0.2) is 0 Å². The molecule has 142 valence electrons. The van der Waals surface area contributed by atoms with Gasteiger partial charge in [0.2, 0.25) is 0 Å². The van der Waals surface area contributed by atoms with Crippen LogP contribution in [0, 0.1) is 0 Å². The van der Waals surface area contributed by atoms with Crippen molar-refractivity contribution in [2.24, 2.45) is 0 Å².